The predicted octanol–water partition coefficient (Wildman–Crippen LogP) is 4.10. The van der Waals surface area contributed by atoms with Gasteiger partial charge in [0.05, 0.1) is 17.4 Å². The lowest BCUT2D eigenvalue weighted by atomic mass is 10.1. The molecule has 0 spiro atoms. The first kappa shape index (κ1) is 20.1. The minimum absolute atomic E-state index is 0.0159. The summed E-state index contributed by atoms with van der Waals surface area (Å²) in [5.74, 6) is 0.993. The zero-order chi connectivity index (χ0) is 21.1. The van der Waals surface area contributed by atoms with Crippen molar-refractivity contribution in [2.45, 2.75) is 52.6 Å². The Morgan fingerprint density at radius 3 is 2.83 bits per heavy atom. The lowest BCUT2D eigenvalue weighted by molar-refractivity contribution is -0.132. The van der Waals surface area contributed by atoms with Gasteiger partial charge in [-0.2, -0.15) is 5.10 Å². The molecule has 0 aromatic carbocycles. The van der Waals surface area contributed by atoms with E-state index in [9.17, 15) is 4.79 Å². The number of nitrogens with zero attached hydrogens (tertiary/aromatic N) is 5. The third-order valence-electron chi connectivity index (χ3n) is 5.49. The highest BCUT2D eigenvalue weighted by Crippen LogP contribution is 2.33. The molecular weight excluding hydrogens is 376 g/mol. The summed E-state index contributed by atoms with van der Waals surface area (Å²) in [5.41, 5.74) is 4.86. The van der Waals surface area contributed by atoms with E-state index in [-0.39, 0.29) is 11.9 Å². The second-order valence-electron chi connectivity index (χ2n) is 7.93. The number of hydrogen-bond acceptors (Lipinski definition) is 5. The molecule has 7 heteroatoms. The van der Waals surface area contributed by atoms with E-state index in [1.54, 1.807) is 6.20 Å². The number of carbonyl (C=O) groups excluding carboxylic acids is 1. The molecule has 30 heavy (non-hydrogen) atoms. The van der Waals surface area contributed by atoms with E-state index < -0.39 is 0 Å². The topological polar surface area (TPSA) is 75.9 Å². The van der Waals surface area contributed by atoms with Gasteiger partial charge in [0.1, 0.15) is 5.82 Å². The van der Waals surface area contributed by atoms with Crippen molar-refractivity contribution in [1.29, 1.82) is 0 Å². The molecule has 1 atom stereocenters. The molecular formula is C23H28N6O. The van der Waals surface area contributed by atoms with Crippen molar-refractivity contribution in [3.63, 3.8) is 0 Å². The summed E-state index contributed by atoms with van der Waals surface area (Å²) in [6, 6.07) is 9.99. The zero-order valence-electron chi connectivity index (χ0n) is 17.8. The standard InChI is InChI=1S/C23H28N6O/c1-16-6-4-10-24-23(16)26-19-14-18(3)25-20(15-19)21-7-5-11-29(21)22(30)9-13-28-12-8-17(2)27-28/h4,6,8,10,12,14-15,21H,5,7,9,11,13H2,1-3H3,(H,24,25,26). The van der Waals surface area contributed by atoms with Gasteiger partial charge < -0.3 is 10.2 Å². The van der Waals surface area contributed by atoms with Crippen LogP contribution in [0.3, 0.4) is 0 Å². The van der Waals surface area contributed by atoms with Gasteiger partial charge in [0.25, 0.3) is 0 Å². The van der Waals surface area contributed by atoms with Gasteiger partial charge in [-0.15, -0.1) is 0 Å². The molecule has 156 valence electrons. The van der Waals surface area contributed by atoms with Gasteiger partial charge in [-0.3, -0.25) is 14.5 Å². The Hall–Kier alpha value is -3.22. The molecule has 7 nitrogen and oxygen atoms in total. The number of hydrogen-bond donors (Lipinski definition) is 1. The van der Waals surface area contributed by atoms with Crippen LogP contribution in [0.4, 0.5) is 11.5 Å². The summed E-state index contributed by atoms with van der Waals surface area (Å²) < 4.78 is 1.83. The number of rotatable bonds is 6. The normalized spacial score (nSPS) is 16.1. The average molecular weight is 405 g/mol. The number of carbonyl (C=O) groups is 1. The fourth-order valence-corrected chi connectivity index (χ4v) is 4.00. The predicted molar refractivity (Wildman–Crippen MR) is 116 cm³/mol. The molecule has 0 aliphatic carbocycles. The Morgan fingerprint density at radius 2 is 2.07 bits per heavy atom. The smallest absolute Gasteiger partial charge is 0.224 e. The number of aromatic nitrogens is 4. The van der Waals surface area contributed by atoms with Gasteiger partial charge in [-0.1, -0.05) is 6.07 Å². The Morgan fingerprint density at radius 1 is 1.20 bits per heavy atom. The summed E-state index contributed by atoms with van der Waals surface area (Å²) in [4.78, 5) is 24.1. The largest absolute Gasteiger partial charge is 0.340 e. The van der Waals surface area contributed by atoms with Crippen molar-refractivity contribution < 1.29 is 4.79 Å². The van der Waals surface area contributed by atoms with E-state index in [1.807, 2.05) is 66.9 Å². The quantitative estimate of drug-likeness (QED) is 0.669. The fourth-order valence-electron chi connectivity index (χ4n) is 4.00. The molecule has 4 heterocycles. The lowest BCUT2D eigenvalue weighted by Crippen LogP contribution is -2.31. The first-order valence-electron chi connectivity index (χ1n) is 10.5. The average Bonchev–Trinajstić information content (AvgIpc) is 3.36. The van der Waals surface area contributed by atoms with Crippen LogP contribution in [0.25, 0.3) is 0 Å². The van der Waals surface area contributed by atoms with Crippen molar-refractivity contribution in [3.05, 3.63) is 65.4 Å². The maximum Gasteiger partial charge on any atom is 0.224 e. The minimum atomic E-state index is 0.0159. The van der Waals surface area contributed by atoms with Crippen molar-refractivity contribution >= 4 is 17.4 Å². The van der Waals surface area contributed by atoms with E-state index in [4.69, 9.17) is 4.98 Å². The van der Waals surface area contributed by atoms with Crippen LogP contribution in [0, 0.1) is 20.8 Å². The number of nitrogens with one attached hydrogen (secondary N) is 1. The molecule has 1 aliphatic rings. The second kappa shape index (κ2) is 8.65. The molecule has 1 unspecified atom stereocenters. The van der Waals surface area contributed by atoms with Gasteiger partial charge in [-0.05, 0) is 63.4 Å². The van der Waals surface area contributed by atoms with Crippen LogP contribution in [-0.2, 0) is 11.3 Å². The molecule has 1 fully saturated rings. The Balaban J connectivity index is 1.49. The summed E-state index contributed by atoms with van der Waals surface area (Å²) in [7, 11) is 0. The third-order valence-corrected chi connectivity index (χ3v) is 5.49. The van der Waals surface area contributed by atoms with Crippen LogP contribution >= 0.6 is 0 Å². The van der Waals surface area contributed by atoms with E-state index >= 15 is 0 Å². The molecule has 1 saturated heterocycles. The summed E-state index contributed by atoms with van der Waals surface area (Å²) in [5, 5.41) is 7.78. The maximum absolute atomic E-state index is 12.9. The number of pyridine rings is 2. The molecule has 3 aromatic heterocycles. The van der Waals surface area contributed by atoms with E-state index in [2.05, 4.69) is 15.4 Å². The Bertz CT molecular complexity index is 1040. The molecule has 1 amide bonds. The molecule has 1 aliphatic heterocycles. The molecule has 1 N–H and O–H groups in total. The SMILES string of the molecule is Cc1cc(Nc2ncccc2C)cc(C2CCCN2C(=O)CCn2ccc(C)n2)n1. The summed E-state index contributed by atoms with van der Waals surface area (Å²) in [6.45, 7) is 7.35. The van der Waals surface area contributed by atoms with Gasteiger partial charge in [0.2, 0.25) is 5.91 Å². The van der Waals surface area contributed by atoms with Crippen LogP contribution < -0.4 is 5.32 Å². The first-order chi connectivity index (χ1) is 14.5. The van der Waals surface area contributed by atoms with Gasteiger partial charge >= 0.3 is 0 Å². The van der Waals surface area contributed by atoms with Crippen molar-refractivity contribution in [2.75, 3.05) is 11.9 Å². The van der Waals surface area contributed by atoms with E-state index in [0.29, 0.717) is 13.0 Å². The Labute approximate surface area is 177 Å². The molecule has 4 rings (SSSR count). The van der Waals surface area contributed by atoms with Crippen LogP contribution in [0.5, 0.6) is 0 Å². The summed E-state index contributed by atoms with van der Waals surface area (Å²) >= 11 is 0. The number of likely N-dealkylation sites (tertiary alicyclic amines) is 1. The van der Waals surface area contributed by atoms with Crippen molar-refractivity contribution in [2.24, 2.45) is 0 Å². The van der Waals surface area contributed by atoms with Gasteiger partial charge in [0.15, 0.2) is 0 Å². The van der Waals surface area contributed by atoms with Crippen molar-refractivity contribution in [1.82, 2.24) is 24.6 Å². The molecule has 0 bridgehead atoms. The Kier molecular flexibility index (Phi) is 5.79. The van der Waals surface area contributed by atoms with E-state index in [1.165, 1.54) is 0 Å². The lowest BCUT2D eigenvalue weighted by Gasteiger charge is -2.25. The maximum atomic E-state index is 12.9. The molecule has 0 saturated carbocycles. The third kappa shape index (κ3) is 4.50. The van der Waals surface area contributed by atoms with Crippen molar-refractivity contribution in [3.8, 4) is 0 Å². The first-order valence-corrected chi connectivity index (χ1v) is 10.5. The zero-order valence-corrected chi connectivity index (χ0v) is 17.8. The number of aryl methyl sites for hydroxylation is 4. The fraction of sp³-hybridized carbons (Fsp3) is 0.391. The molecule has 3 aromatic rings. The monoisotopic (exact) mass is 404 g/mol. The second-order valence-corrected chi connectivity index (χ2v) is 7.93. The highest BCUT2D eigenvalue weighted by atomic mass is 16.2. The number of anilines is 2. The highest BCUT2D eigenvalue weighted by molar-refractivity contribution is 5.77. The van der Waals surface area contributed by atoms with Gasteiger partial charge in [0, 0.05) is 43.3 Å². The van der Waals surface area contributed by atoms with Crippen LogP contribution in [-0.4, -0.2) is 37.1 Å². The summed E-state index contributed by atoms with van der Waals surface area (Å²) in [6.07, 6.45) is 6.08. The molecule has 0 radical (unpaired) electrons. The number of amides is 1. The van der Waals surface area contributed by atoms with Gasteiger partial charge in [-0.25, -0.2) is 4.98 Å². The highest BCUT2D eigenvalue weighted by Gasteiger charge is 2.31. The van der Waals surface area contributed by atoms with Crippen LogP contribution in [0.1, 0.15) is 47.9 Å². The van der Waals surface area contributed by atoms with E-state index in [0.717, 1.165) is 53.5 Å². The minimum Gasteiger partial charge on any atom is -0.340 e. The van der Waals surface area contributed by atoms with Crippen LogP contribution in [0.15, 0.2) is 42.7 Å². The van der Waals surface area contributed by atoms with Crippen LogP contribution in [0.2, 0.25) is 0 Å².